The maximum absolute atomic E-state index is 3.52. The molecule has 0 heterocycles. The fourth-order valence-corrected chi connectivity index (χ4v) is 2.72. The SMILES string of the molecule is CSCCCCCNCc1ccc(Br)c(Br)c1. The van der Waals surface area contributed by atoms with Gasteiger partial charge in [0.05, 0.1) is 0 Å². The first-order valence-corrected chi connectivity index (χ1v) is 8.85. The van der Waals surface area contributed by atoms with Crippen LogP contribution in [0.15, 0.2) is 27.1 Å². The molecule has 0 aliphatic rings. The molecule has 0 fully saturated rings. The van der Waals surface area contributed by atoms with Crippen LogP contribution in [0.3, 0.4) is 0 Å². The highest BCUT2D eigenvalue weighted by molar-refractivity contribution is 9.13. The quantitative estimate of drug-likeness (QED) is 0.648. The van der Waals surface area contributed by atoms with Crippen LogP contribution in [0, 0.1) is 0 Å². The Morgan fingerprint density at radius 1 is 1.12 bits per heavy atom. The van der Waals surface area contributed by atoms with E-state index in [1.165, 1.54) is 30.6 Å². The minimum atomic E-state index is 0.953. The number of unbranched alkanes of at least 4 members (excludes halogenated alkanes) is 2. The molecule has 0 radical (unpaired) electrons. The Balaban J connectivity index is 2.11. The number of nitrogens with one attached hydrogen (secondary N) is 1. The zero-order chi connectivity index (χ0) is 12.5. The van der Waals surface area contributed by atoms with Crippen LogP contribution in [-0.2, 0) is 6.54 Å². The standard InChI is InChI=1S/C13H19Br2NS/c1-17-8-4-2-3-7-16-10-11-5-6-12(14)13(15)9-11/h5-6,9,16H,2-4,7-8,10H2,1H3. The van der Waals surface area contributed by atoms with Crippen molar-refractivity contribution in [1.29, 1.82) is 0 Å². The summed E-state index contributed by atoms with van der Waals surface area (Å²) >= 11 is 8.93. The largest absolute Gasteiger partial charge is 0.313 e. The Labute approximate surface area is 125 Å². The molecule has 0 spiro atoms. The van der Waals surface area contributed by atoms with Gasteiger partial charge in [-0.25, -0.2) is 0 Å². The molecule has 0 aromatic heterocycles. The van der Waals surface area contributed by atoms with Gasteiger partial charge in [0.2, 0.25) is 0 Å². The molecule has 0 saturated carbocycles. The summed E-state index contributed by atoms with van der Waals surface area (Å²) in [5.41, 5.74) is 1.32. The number of hydrogen-bond acceptors (Lipinski definition) is 2. The lowest BCUT2D eigenvalue weighted by atomic mass is 10.2. The average Bonchev–Trinajstić information content (AvgIpc) is 2.32. The van der Waals surface area contributed by atoms with Gasteiger partial charge in [0.1, 0.15) is 0 Å². The van der Waals surface area contributed by atoms with Gasteiger partial charge >= 0.3 is 0 Å². The van der Waals surface area contributed by atoms with Gasteiger partial charge in [-0.15, -0.1) is 0 Å². The van der Waals surface area contributed by atoms with E-state index in [2.05, 4.69) is 61.6 Å². The number of benzene rings is 1. The first kappa shape index (κ1) is 15.5. The van der Waals surface area contributed by atoms with Crippen molar-refractivity contribution < 1.29 is 0 Å². The number of thioether (sulfide) groups is 1. The third-order valence-electron chi connectivity index (χ3n) is 2.52. The highest BCUT2D eigenvalue weighted by atomic mass is 79.9. The molecule has 0 atom stereocenters. The van der Waals surface area contributed by atoms with E-state index in [0.717, 1.165) is 22.0 Å². The molecule has 0 saturated heterocycles. The van der Waals surface area contributed by atoms with E-state index in [-0.39, 0.29) is 0 Å². The second-order valence-electron chi connectivity index (χ2n) is 3.98. The van der Waals surface area contributed by atoms with Gasteiger partial charge in [0, 0.05) is 15.5 Å². The number of halogens is 2. The first-order valence-electron chi connectivity index (χ1n) is 5.87. The normalized spacial score (nSPS) is 10.8. The molecule has 17 heavy (non-hydrogen) atoms. The predicted octanol–water partition coefficient (Wildman–Crippen LogP) is 4.83. The average molecular weight is 381 g/mol. The molecule has 96 valence electrons. The van der Waals surface area contributed by atoms with Gasteiger partial charge in [-0.3, -0.25) is 0 Å². The van der Waals surface area contributed by atoms with E-state index in [0.29, 0.717) is 0 Å². The molecule has 1 nitrogen and oxygen atoms in total. The van der Waals surface area contributed by atoms with Crippen LogP contribution >= 0.6 is 43.6 Å². The Bertz CT molecular complexity index is 331. The van der Waals surface area contributed by atoms with Crippen molar-refractivity contribution >= 4 is 43.6 Å². The van der Waals surface area contributed by atoms with E-state index >= 15 is 0 Å². The van der Waals surface area contributed by atoms with Crippen molar-refractivity contribution in [3.8, 4) is 0 Å². The molecule has 0 unspecified atom stereocenters. The first-order chi connectivity index (χ1) is 8.24. The van der Waals surface area contributed by atoms with Crippen molar-refractivity contribution in [2.24, 2.45) is 0 Å². The zero-order valence-electron chi connectivity index (χ0n) is 10.1. The molecule has 0 amide bonds. The van der Waals surface area contributed by atoms with Crippen molar-refractivity contribution in [2.45, 2.75) is 25.8 Å². The van der Waals surface area contributed by atoms with Crippen LogP contribution in [0.1, 0.15) is 24.8 Å². The molecule has 1 N–H and O–H groups in total. The van der Waals surface area contributed by atoms with Crippen molar-refractivity contribution in [3.63, 3.8) is 0 Å². The lowest BCUT2D eigenvalue weighted by molar-refractivity contribution is 0.618. The number of rotatable bonds is 8. The summed E-state index contributed by atoms with van der Waals surface area (Å²) in [5.74, 6) is 1.29. The summed E-state index contributed by atoms with van der Waals surface area (Å²) in [6.07, 6.45) is 6.12. The van der Waals surface area contributed by atoms with Crippen LogP contribution < -0.4 is 5.32 Å². The number of hydrogen-bond donors (Lipinski definition) is 1. The summed E-state index contributed by atoms with van der Waals surface area (Å²) in [4.78, 5) is 0. The Hall–Kier alpha value is 0.490. The smallest absolute Gasteiger partial charge is 0.0320 e. The van der Waals surface area contributed by atoms with Gasteiger partial charge in [0.25, 0.3) is 0 Å². The molecule has 1 aromatic carbocycles. The highest BCUT2D eigenvalue weighted by Gasteiger charge is 1.98. The minimum absolute atomic E-state index is 0.953. The van der Waals surface area contributed by atoms with Crippen molar-refractivity contribution in [1.82, 2.24) is 5.32 Å². The van der Waals surface area contributed by atoms with Crippen LogP contribution in [-0.4, -0.2) is 18.6 Å². The van der Waals surface area contributed by atoms with Crippen LogP contribution in [0.25, 0.3) is 0 Å². The lowest BCUT2D eigenvalue weighted by Gasteiger charge is -2.06. The second-order valence-corrected chi connectivity index (χ2v) is 6.67. The second kappa shape index (κ2) is 9.42. The molecule has 0 aliphatic carbocycles. The summed E-state index contributed by atoms with van der Waals surface area (Å²) in [7, 11) is 0. The molecular formula is C13H19Br2NS. The Morgan fingerprint density at radius 2 is 1.94 bits per heavy atom. The summed E-state index contributed by atoms with van der Waals surface area (Å²) in [5, 5.41) is 3.48. The summed E-state index contributed by atoms with van der Waals surface area (Å²) in [6.45, 7) is 2.07. The van der Waals surface area contributed by atoms with Crippen molar-refractivity contribution in [2.75, 3.05) is 18.6 Å². The van der Waals surface area contributed by atoms with Gasteiger partial charge < -0.3 is 5.32 Å². The van der Waals surface area contributed by atoms with Crippen LogP contribution in [0.2, 0.25) is 0 Å². The minimum Gasteiger partial charge on any atom is -0.313 e. The van der Waals surface area contributed by atoms with Gasteiger partial charge in [0.15, 0.2) is 0 Å². The fraction of sp³-hybridized carbons (Fsp3) is 0.538. The van der Waals surface area contributed by atoms with Gasteiger partial charge in [-0.1, -0.05) is 12.5 Å². The Morgan fingerprint density at radius 3 is 2.65 bits per heavy atom. The van der Waals surface area contributed by atoms with E-state index in [1.807, 2.05) is 11.8 Å². The summed E-state index contributed by atoms with van der Waals surface area (Å²) in [6, 6.07) is 6.39. The topological polar surface area (TPSA) is 12.0 Å². The molecule has 4 heteroatoms. The van der Waals surface area contributed by atoms with Crippen LogP contribution in [0.4, 0.5) is 0 Å². The third-order valence-corrected chi connectivity index (χ3v) is 5.09. The van der Waals surface area contributed by atoms with E-state index in [1.54, 1.807) is 0 Å². The van der Waals surface area contributed by atoms with Crippen LogP contribution in [0.5, 0.6) is 0 Å². The van der Waals surface area contributed by atoms with Crippen molar-refractivity contribution in [3.05, 3.63) is 32.7 Å². The third kappa shape index (κ3) is 6.85. The molecular weight excluding hydrogens is 362 g/mol. The monoisotopic (exact) mass is 379 g/mol. The fourth-order valence-electron chi connectivity index (χ4n) is 1.56. The van der Waals surface area contributed by atoms with Gasteiger partial charge in [-0.05, 0) is 81.0 Å². The zero-order valence-corrected chi connectivity index (χ0v) is 14.1. The van der Waals surface area contributed by atoms with E-state index < -0.39 is 0 Å². The molecule has 1 rings (SSSR count). The maximum atomic E-state index is 3.52. The molecule has 0 aliphatic heterocycles. The highest BCUT2D eigenvalue weighted by Crippen LogP contribution is 2.23. The summed E-state index contributed by atoms with van der Waals surface area (Å²) < 4.78 is 2.23. The van der Waals surface area contributed by atoms with E-state index in [9.17, 15) is 0 Å². The Kier molecular flexibility index (Phi) is 8.62. The molecule has 0 bridgehead atoms. The maximum Gasteiger partial charge on any atom is 0.0320 e. The van der Waals surface area contributed by atoms with Gasteiger partial charge in [-0.2, -0.15) is 11.8 Å². The lowest BCUT2D eigenvalue weighted by Crippen LogP contribution is -2.14. The molecule has 1 aromatic rings. The predicted molar refractivity (Wildman–Crippen MR) is 85.8 cm³/mol. The van der Waals surface area contributed by atoms with E-state index in [4.69, 9.17) is 0 Å².